The largest absolute Gasteiger partial charge is 0.469 e. The number of aliphatic hydroxyl groups excluding tert-OH is 1. The minimum absolute atomic E-state index is 0.589. The molecule has 1 N–H and O–H groups in total. The van der Waals surface area contributed by atoms with Crippen LogP contribution < -0.4 is 0 Å². The highest BCUT2D eigenvalue weighted by molar-refractivity contribution is 5.33. The summed E-state index contributed by atoms with van der Waals surface area (Å²) in [5.41, 5.74) is 2.93. The number of hydrogen-bond acceptors (Lipinski definition) is 2. The van der Waals surface area contributed by atoms with Gasteiger partial charge in [0.2, 0.25) is 0 Å². The molecule has 2 heteroatoms. The van der Waals surface area contributed by atoms with Gasteiger partial charge in [0.05, 0.1) is 6.26 Å². The van der Waals surface area contributed by atoms with Gasteiger partial charge < -0.3 is 9.52 Å². The van der Waals surface area contributed by atoms with E-state index >= 15 is 0 Å². The van der Waals surface area contributed by atoms with E-state index in [4.69, 9.17) is 4.42 Å². The molecule has 16 heavy (non-hydrogen) atoms. The maximum atomic E-state index is 10.3. The van der Waals surface area contributed by atoms with Crippen LogP contribution in [0, 0.1) is 6.92 Å². The fraction of sp³-hybridized carbons (Fsp3) is 0.286. The molecule has 0 radical (unpaired) electrons. The summed E-state index contributed by atoms with van der Waals surface area (Å²) in [4.78, 5) is 0. The number of aliphatic hydroxyl groups is 1. The van der Waals surface area contributed by atoms with Crippen molar-refractivity contribution >= 4 is 0 Å². The summed E-state index contributed by atoms with van der Waals surface area (Å²) in [7, 11) is 0. The van der Waals surface area contributed by atoms with E-state index in [1.165, 1.54) is 0 Å². The predicted octanol–water partition coefficient (Wildman–Crippen LogP) is 3.23. The van der Waals surface area contributed by atoms with Crippen molar-refractivity contribution in [1.82, 2.24) is 0 Å². The predicted molar refractivity (Wildman–Crippen MR) is 63.3 cm³/mol. The van der Waals surface area contributed by atoms with E-state index in [1.54, 1.807) is 6.26 Å². The van der Waals surface area contributed by atoms with Crippen LogP contribution in [0.3, 0.4) is 0 Å². The van der Waals surface area contributed by atoms with Crippen molar-refractivity contribution in [3.8, 4) is 0 Å². The van der Waals surface area contributed by atoms with E-state index in [2.05, 4.69) is 0 Å². The molecule has 0 saturated heterocycles. The summed E-state index contributed by atoms with van der Waals surface area (Å²) < 4.78 is 5.33. The monoisotopic (exact) mass is 216 g/mol. The normalized spacial score (nSPS) is 12.7. The highest BCUT2D eigenvalue weighted by Crippen LogP contribution is 2.26. The zero-order chi connectivity index (χ0) is 11.5. The molecule has 1 atom stereocenters. The van der Waals surface area contributed by atoms with Crippen LogP contribution in [0.5, 0.6) is 0 Å². The minimum atomic E-state index is -0.589. The van der Waals surface area contributed by atoms with Crippen molar-refractivity contribution in [2.45, 2.75) is 26.4 Å². The number of furan rings is 1. The first-order valence-corrected chi connectivity index (χ1v) is 5.53. The summed E-state index contributed by atoms with van der Waals surface area (Å²) in [6.45, 7) is 4.04. The smallest absolute Gasteiger partial charge is 0.109 e. The Morgan fingerprint density at radius 1 is 1.31 bits per heavy atom. The Hall–Kier alpha value is -1.54. The Morgan fingerprint density at radius 2 is 2.12 bits per heavy atom. The Labute approximate surface area is 95.5 Å². The summed E-state index contributed by atoms with van der Waals surface area (Å²) in [6.07, 6.45) is 1.84. The van der Waals surface area contributed by atoms with Gasteiger partial charge in [-0.05, 0) is 18.6 Å². The average molecular weight is 216 g/mol. The first-order valence-electron chi connectivity index (χ1n) is 5.53. The molecule has 2 nitrogen and oxygen atoms in total. The zero-order valence-corrected chi connectivity index (χ0v) is 9.60. The van der Waals surface area contributed by atoms with Crippen molar-refractivity contribution < 1.29 is 9.52 Å². The number of aryl methyl sites for hydroxylation is 2. The minimum Gasteiger partial charge on any atom is -0.469 e. The molecule has 0 bridgehead atoms. The lowest BCUT2D eigenvalue weighted by Gasteiger charge is -2.11. The zero-order valence-electron chi connectivity index (χ0n) is 9.60. The highest BCUT2D eigenvalue weighted by Gasteiger charge is 2.15. The van der Waals surface area contributed by atoms with Crippen LogP contribution in [0.2, 0.25) is 0 Å². The van der Waals surface area contributed by atoms with Crippen molar-refractivity contribution in [2.24, 2.45) is 0 Å². The van der Waals surface area contributed by atoms with Crippen molar-refractivity contribution in [3.63, 3.8) is 0 Å². The molecular weight excluding hydrogens is 200 g/mol. The van der Waals surface area contributed by atoms with E-state index < -0.39 is 6.10 Å². The van der Waals surface area contributed by atoms with Crippen LogP contribution >= 0.6 is 0 Å². The third-order valence-electron chi connectivity index (χ3n) is 2.75. The first kappa shape index (κ1) is 11.0. The van der Waals surface area contributed by atoms with Gasteiger partial charge in [-0.2, -0.15) is 0 Å². The Morgan fingerprint density at radius 3 is 2.81 bits per heavy atom. The lowest BCUT2D eigenvalue weighted by molar-refractivity contribution is 0.217. The van der Waals surface area contributed by atoms with Gasteiger partial charge in [0, 0.05) is 12.0 Å². The quantitative estimate of drug-likeness (QED) is 0.854. The molecule has 1 heterocycles. The summed E-state index contributed by atoms with van der Waals surface area (Å²) >= 11 is 0. The Bertz CT molecular complexity index is 471. The van der Waals surface area contributed by atoms with E-state index in [0.717, 1.165) is 28.9 Å². The van der Waals surface area contributed by atoms with Gasteiger partial charge in [-0.3, -0.25) is 0 Å². The van der Waals surface area contributed by atoms with Gasteiger partial charge >= 0.3 is 0 Å². The number of hydrogen-bond donors (Lipinski definition) is 1. The SMILES string of the molecule is CCc1occc1C(O)c1cccc(C)c1. The molecule has 0 spiro atoms. The average Bonchev–Trinajstić information content (AvgIpc) is 2.76. The second kappa shape index (κ2) is 4.54. The van der Waals surface area contributed by atoms with Crippen LogP contribution in [0.4, 0.5) is 0 Å². The number of rotatable bonds is 3. The lowest BCUT2D eigenvalue weighted by Crippen LogP contribution is -2.01. The van der Waals surface area contributed by atoms with Gasteiger partial charge in [-0.1, -0.05) is 36.8 Å². The summed E-state index contributed by atoms with van der Waals surface area (Å²) in [5, 5.41) is 10.3. The lowest BCUT2D eigenvalue weighted by atomic mass is 10.00. The molecule has 1 unspecified atom stereocenters. The fourth-order valence-electron chi connectivity index (χ4n) is 1.90. The third kappa shape index (κ3) is 2.02. The molecule has 0 aliphatic heterocycles. The molecule has 1 aromatic heterocycles. The molecule has 0 saturated carbocycles. The van der Waals surface area contributed by atoms with Gasteiger partial charge in [0.25, 0.3) is 0 Å². The van der Waals surface area contributed by atoms with Gasteiger partial charge in [-0.15, -0.1) is 0 Å². The van der Waals surface area contributed by atoms with Crippen LogP contribution in [0.25, 0.3) is 0 Å². The van der Waals surface area contributed by atoms with Crippen LogP contribution in [-0.2, 0) is 6.42 Å². The van der Waals surface area contributed by atoms with E-state index in [-0.39, 0.29) is 0 Å². The molecule has 0 aliphatic carbocycles. The van der Waals surface area contributed by atoms with E-state index in [0.29, 0.717) is 0 Å². The van der Waals surface area contributed by atoms with Gasteiger partial charge in [0.1, 0.15) is 11.9 Å². The summed E-state index contributed by atoms with van der Waals surface area (Å²) in [5.74, 6) is 0.856. The van der Waals surface area contributed by atoms with E-state index in [1.807, 2.05) is 44.2 Å². The molecular formula is C14H16O2. The van der Waals surface area contributed by atoms with E-state index in [9.17, 15) is 5.11 Å². The number of benzene rings is 1. The second-order valence-corrected chi connectivity index (χ2v) is 3.97. The standard InChI is InChI=1S/C14H16O2/c1-3-13-12(7-8-16-13)14(15)11-6-4-5-10(2)9-11/h4-9,14-15H,3H2,1-2H3. The molecule has 0 amide bonds. The first-order chi connectivity index (χ1) is 7.72. The molecule has 2 rings (SSSR count). The molecule has 1 aromatic carbocycles. The van der Waals surface area contributed by atoms with Crippen molar-refractivity contribution in [2.75, 3.05) is 0 Å². The van der Waals surface area contributed by atoms with Gasteiger partial charge in [0.15, 0.2) is 0 Å². The Kier molecular flexibility index (Phi) is 3.11. The molecule has 2 aromatic rings. The Balaban J connectivity index is 2.35. The highest BCUT2D eigenvalue weighted by atomic mass is 16.3. The molecule has 0 aliphatic rings. The topological polar surface area (TPSA) is 33.4 Å². The molecule has 0 fully saturated rings. The maximum absolute atomic E-state index is 10.3. The van der Waals surface area contributed by atoms with Crippen LogP contribution in [-0.4, -0.2) is 5.11 Å². The fourth-order valence-corrected chi connectivity index (χ4v) is 1.90. The molecule has 84 valence electrons. The van der Waals surface area contributed by atoms with Gasteiger partial charge in [-0.25, -0.2) is 0 Å². The van der Waals surface area contributed by atoms with Crippen molar-refractivity contribution in [3.05, 3.63) is 59.0 Å². The second-order valence-electron chi connectivity index (χ2n) is 3.97. The van der Waals surface area contributed by atoms with Crippen LogP contribution in [0.1, 0.15) is 35.5 Å². The maximum Gasteiger partial charge on any atom is 0.109 e. The summed E-state index contributed by atoms with van der Waals surface area (Å²) in [6, 6.07) is 9.75. The van der Waals surface area contributed by atoms with Crippen LogP contribution in [0.15, 0.2) is 41.0 Å². The third-order valence-corrected chi connectivity index (χ3v) is 2.75. The van der Waals surface area contributed by atoms with Crippen molar-refractivity contribution in [1.29, 1.82) is 0 Å².